The van der Waals surface area contributed by atoms with Gasteiger partial charge in [-0.25, -0.2) is 4.39 Å². The third-order valence-corrected chi connectivity index (χ3v) is 3.84. The largest absolute Gasteiger partial charge is 0.313 e. The van der Waals surface area contributed by atoms with Crippen LogP contribution in [0.4, 0.5) is 4.39 Å². The molecule has 2 heteroatoms. The Hall–Kier alpha value is -0.110. The minimum absolute atomic E-state index is 0.483. The van der Waals surface area contributed by atoms with E-state index in [1.54, 1.807) is 0 Å². The van der Waals surface area contributed by atoms with Gasteiger partial charge in [-0.3, -0.25) is 0 Å². The zero-order valence-corrected chi connectivity index (χ0v) is 8.97. The van der Waals surface area contributed by atoms with Gasteiger partial charge in [0, 0.05) is 6.04 Å². The van der Waals surface area contributed by atoms with Gasteiger partial charge in [0.05, 0.1) is 0 Å². The lowest BCUT2D eigenvalue weighted by Crippen LogP contribution is -2.43. The Balaban J connectivity index is 1.85. The van der Waals surface area contributed by atoms with E-state index in [-0.39, 0.29) is 0 Å². The van der Waals surface area contributed by atoms with Crippen LogP contribution in [0.1, 0.15) is 51.4 Å². The normalized spacial score (nSPS) is 36.6. The highest BCUT2D eigenvalue weighted by atomic mass is 19.1. The molecule has 1 N–H and O–H groups in total. The van der Waals surface area contributed by atoms with Crippen molar-refractivity contribution in [3.8, 4) is 0 Å². The van der Waals surface area contributed by atoms with Crippen molar-refractivity contribution in [3.63, 3.8) is 0 Å². The molecular weight excluding hydrogens is 177 g/mol. The van der Waals surface area contributed by atoms with Crippen molar-refractivity contribution in [2.75, 3.05) is 6.54 Å². The number of hydrogen-bond donors (Lipinski definition) is 1. The molecule has 0 aromatic rings. The second-order valence-electron chi connectivity index (χ2n) is 4.93. The first-order valence-electron chi connectivity index (χ1n) is 6.24. The number of hydrogen-bond acceptors (Lipinski definition) is 1. The molecule has 2 rings (SSSR count). The molecular formula is C12H22FN. The Bertz CT molecular complexity index is 164. The second kappa shape index (κ2) is 5.11. The van der Waals surface area contributed by atoms with Crippen LogP contribution in [0.25, 0.3) is 0 Å². The lowest BCUT2D eigenvalue weighted by molar-refractivity contribution is 0.177. The van der Waals surface area contributed by atoms with E-state index < -0.39 is 6.17 Å². The van der Waals surface area contributed by atoms with Gasteiger partial charge >= 0.3 is 0 Å². The zero-order chi connectivity index (χ0) is 9.80. The van der Waals surface area contributed by atoms with Crippen LogP contribution in [-0.4, -0.2) is 18.8 Å². The molecule has 0 radical (unpaired) electrons. The predicted molar refractivity (Wildman–Crippen MR) is 57.1 cm³/mol. The summed E-state index contributed by atoms with van der Waals surface area (Å²) in [4.78, 5) is 0. The fourth-order valence-corrected chi connectivity index (χ4v) is 2.97. The lowest BCUT2D eigenvalue weighted by atomic mass is 9.86. The van der Waals surface area contributed by atoms with Crippen LogP contribution >= 0.6 is 0 Å². The monoisotopic (exact) mass is 199 g/mol. The maximum Gasteiger partial charge on any atom is 0.103 e. The van der Waals surface area contributed by atoms with Gasteiger partial charge in [0.25, 0.3) is 0 Å². The topological polar surface area (TPSA) is 12.0 Å². The Labute approximate surface area is 86.5 Å². The second-order valence-corrected chi connectivity index (χ2v) is 4.93. The highest BCUT2D eigenvalue weighted by Gasteiger charge is 2.28. The summed E-state index contributed by atoms with van der Waals surface area (Å²) in [6.45, 7) is 0.891. The van der Waals surface area contributed by atoms with Crippen LogP contribution in [-0.2, 0) is 0 Å². The van der Waals surface area contributed by atoms with Gasteiger partial charge in [-0.05, 0) is 38.1 Å². The van der Waals surface area contributed by atoms with Gasteiger partial charge in [0.2, 0.25) is 0 Å². The van der Waals surface area contributed by atoms with Gasteiger partial charge in [0.1, 0.15) is 6.17 Å². The molecule has 2 fully saturated rings. The van der Waals surface area contributed by atoms with Crippen LogP contribution in [0, 0.1) is 5.92 Å². The SMILES string of the molecule is FC1CCNC(C2CCCCCC2)C1. The number of alkyl halides is 1. The van der Waals surface area contributed by atoms with Crippen molar-refractivity contribution in [1.82, 2.24) is 5.32 Å². The van der Waals surface area contributed by atoms with Gasteiger partial charge in [-0.1, -0.05) is 25.7 Å². The molecule has 0 amide bonds. The number of rotatable bonds is 1. The first-order valence-corrected chi connectivity index (χ1v) is 6.24. The van der Waals surface area contributed by atoms with Crippen LogP contribution in [0.15, 0.2) is 0 Å². The Morgan fingerprint density at radius 3 is 2.29 bits per heavy atom. The molecule has 1 heterocycles. The molecule has 2 unspecified atom stereocenters. The number of piperidine rings is 1. The average molecular weight is 199 g/mol. The fraction of sp³-hybridized carbons (Fsp3) is 1.00. The van der Waals surface area contributed by atoms with Gasteiger partial charge in [0.15, 0.2) is 0 Å². The number of nitrogens with one attached hydrogen (secondary N) is 1. The summed E-state index contributed by atoms with van der Waals surface area (Å²) in [6, 6.07) is 0.483. The van der Waals surface area contributed by atoms with Crippen molar-refractivity contribution < 1.29 is 4.39 Å². The molecule has 1 saturated carbocycles. The Morgan fingerprint density at radius 2 is 1.64 bits per heavy atom. The third kappa shape index (κ3) is 2.69. The van der Waals surface area contributed by atoms with E-state index >= 15 is 0 Å². The molecule has 1 saturated heterocycles. The molecule has 1 nitrogen and oxygen atoms in total. The van der Waals surface area contributed by atoms with Crippen LogP contribution in [0.5, 0.6) is 0 Å². The van der Waals surface area contributed by atoms with Gasteiger partial charge in [-0.2, -0.15) is 0 Å². The summed E-state index contributed by atoms with van der Waals surface area (Å²) in [5.41, 5.74) is 0. The highest BCUT2D eigenvalue weighted by Crippen LogP contribution is 2.29. The number of halogens is 1. The maximum atomic E-state index is 13.3. The molecule has 82 valence electrons. The highest BCUT2D eigenvalue weighted by molar-refractivity contribution is 4.84. The van der Waals surface area contributed by atoms with Crippen LogP contribution in [0.3, 0.4) is 0 Å². The molecule has 1 aliphatic carbocycles. The molecule has 14 heavy (non-hydrogen) atoms. The third-order valence-electron chi connectivity index (χ3n) is 3.84. The van der Waals surface area contributed by atoms with E-state index in [1.165, 1.54) is 38.5 Å². The molecule has 2 atom stereocenters. The van der Waals surface area contributed by atoms with Crippen LogP contribution in [0.2, 0.25) is 0 Å². The first kappa shape index (κ1) is 10.4. The molecule has 1 aliphatic heterocycles. The minimum Gasteiger partial charge on any atom is -0.313 e. The van der Waals surface area contributed by atoms with Crippen molar-refractivity contribution in [3.05, 3.63) is 0 Å². The summed E-state index contributed by atoms with van der Waals surface area (Å²) in [6.07, 6.45) is 9.11. The lowest BCUT2D eigenvalue weighted by Gasteiger charge is -2.32. The van der Waals surface area contributed by atoms with Crippen molar-refractivity contribution in [1.29, 1.82) is 0 Å². The Kier molecular flexibility index (Phi) is 3.80. The molecule has 0 bridgehead atoms. The summed E-state index contributed by atoms with van der Waals surface area (Å²) in [7, 11) is 0. The molecule has 0 spiro atoms. The van der Waals surface area contributed by atoms with E-state index in [1.807, 2.05) is 0 Å². The summed E-state index contributed by atoms with van der Waals surface area (Å²) < 4.78 is 13.3. The zero-order valence-electron chi connectivity index (χ0n) is 8.97. The predicted octanol–water partition coefficient (Wildman–Crippen LogP) is 3.05. The first-order chi connectivity index (χ1) is 6.86. The van der Waals surface area contributed by atoms with E-state index in [0.29, 0.717) is 6.04 Å². The smallest absolute Gasteiger partial charge is 0.103 e. The van der Waals surface area contributed by atoms with Gasteiger partial charge in [-0.15, -0.1) is 0 Å². The van der Waals surface area contributed by atoms with Gasteiger partial charge < -0.3 is 5.32 Å². The summed E-state index contributed by atoms with van der Waals surface area (Å²) in [5, 5.41) is 3.51. The van der Waals surface area contributed by atoms with E-state index in [9.17, 15) is 4.39 Å². The molecule has 0 aromatic heterocycles. The van der Waals surface area contributed by atoms with E-state index in [2.05, 4.69) is 5.32 Å². The molecule has 0 aromatic carbocycles. The Morgan fingerprint density at radius 1 is 0.929 bits per heavy atom. The van der Waals surface area contributed by atoms with Crippen molar-refractivity contribution in [2.24, 2.45) is 5.92 Å². The fourth-order valence-electron chi connectivity index (χ4n) is 2.97. The minimum atomic E-state index is -0.537. The van der Waals surface area contributed by atoms with Crippen molar-refractivity contribution in [2.45, 2.75) is 63.6 Å². The van der Waals surface area contributed by atoms with Crippen molar-refractivity contribution >= 4 is 0 Å². The maximum absolute atomic E-state index is 13.3. The summed E-state index contributed by atoms with van der Waals surface area (Å²) >= 11 is 0. The standard InChI is InChI=1S/C12H22FN/c13-11-7-8-14-12(9-11)10-5-3-1-2-4-6-10/h10-12,14H,1-9H2. The quantitative estimate of drug-likeness (QED) is 0.640. The molecule has 2 aliphatic rings. The van der Waals surface area contributed by atoms with E-state index in [0.717, 1.165) is 25.3 Å². The van der Waals surface area contributed by atoms with E-state index in [4.69, 9.17) is 0 Å². The van der Waals surface area contributed by atoms with Crippen LogP contribution < -0.4 is 5.32 Å². The summed E-state index contributed by atoms with van der Waals surface area (Å²) in [5.74, 6) is 0.760. The average Bonchev–Trinajstić information content (AvgIpc) is 2.45.